The lowest BCUT2D eigenvalue weighted by molar-refractivity contribution is -0.149. The van der Waals surface area contributed by atoms with Crippen LogP contribution in [0.3, 0.4) is 0 Å². The molecule has 0 unspecified atom stereocenters. The summed E-state index contributed by atoms with van der Waals surface area (Å²) in [6.45, 7) is 4.04. The summed E-state index contributed by atoms with van der Waals surface area (Å²) in [5.41, 5.74) is -2.33. The second kappa shape index (κ2) is 11.8. The SMILES string of the molecule is CC(C)OC(=O)[C@H](C)N[P@@](=O)(OC[C@H]1O[C@@H](n2cc(F)c(=O)[nH]c2=O)[C@H](C#N)[C@@H]1O)Oc1ccccc1. The number of aromatic nitrogens is 2. The van der Waals surface area contributed by atoms with Gasteiger partial charge in [-0.3, -0.25) is 23.7 Å². The average Bonchev–Trinajstić information content (AvgIpc) is 3.15. The van der Waals surface area contributed by atoms with Crippen LogP contribution in [0.5, 0.6) is 5.75 Å². The first-order valence-corrected chi connectivity index (χ1v) is 12.7. The minimum Gasteiger partial charge on any atom is -0.462 e. The Bertz CT molecular complexity index is 1310. The molecule has 2 aromatic rings. The molecule has 3 rings (SSSR count). The average molecular weight is 540 g/mol. The van der Waals surface area contributed by atoms with Gasteiger partial charge in [-0.25, -0.2) is 9.36 Å². The lowest BCUT2D eigenvalue weighted by Crippen LogP contribution is -2.37. The molecule has 15 heteroatoms. The molecular formula is C22H26FN4O9P. The Morgan fingerprint density at radius 3 is 2.62 bits per heavy atom. The highest BCUT2D eigenvalue weighted by Crippen LogP contribution is 2.46. The molecule has 0 saturated carbocycles. The molecule has 0 bridgehead atoms. The second-order valence-electron chi connectivity index (χ2n) is 8.39. The molecule has 2 heterocycles. The third-order valence-corrected chi connectivity index (χ3v) is 6.80. The Hall–Kier alpha value is -3.34. The first-order valence-electron chi connectivity index (χ1n) is 11.2. The Kier molecular flexibility index (Phi) is 9.01. The van der Waals surface area contributed by atoms with Gasteiger partial charge in [-0.1, -0.05) is 18.2 Å². The molecule has 3 N–H and O–H groups in total. The van der Waals surface area contributed by atoms with E-state index in [2.05, 4.69) is 5.09 Å². The van der Waals surface area contributed by atoms with Crippen LogP contribution < -0.4 is 20.9 Å². The molecule has 1 aromatic heterocycles. The minimum atomic E-state index is -4.32. The molecule has 0 radical (unpaired) electrons. The number of carbonyl (C=O) groups is 1. The minimum absolute atomic E-state index is 0.138. The van der Waals surface area contributed by atoms with Gasteiger partial charge in [-0.2, -0.15) is 14.7 Å². The van der Waals surface area contributed by atoms with E-state index < -0.39 is 73.9 Å². The van der Waals surface area contributed by atoms with E-state index >= 15 is 0 Å². The number of nitrogens with one attached hydrogen (secondary N) is 2. The smallest absolute Gasteiger partial charge is 0.459 e. The molecule has 0 spiro atoms. The maximum Gasteiger partial charge on any atom is 0.459 e. The summed E-state index contributed by atoms with van der Waals surface area (Å²) < 4.78 is 49.6. The van der Waals surface area contributed by atoms with E-state index in [-0.39, 0.29) is 5.75 Å². The number of rotatable bonds is 10. The number of H-pyrrole nitrogens is 1. The van der Waals surface area contributed by atoms with E-state index in [0.29, 0.717) is 10.8 Å². The second-order valence-corrected chi connectivity index (χ2v) is 10.1. The highest BCUT2D eigenvalue weighted by molar-refractivity contribution is 7.52. The van der Waals surface area contributed by atoms with Crippen molar-refractivity contribution < 1.29 is 37.4 Å². The molecule has 1 saturated heterocycles. The summed E-state index contributed by atoms with van der Waals surface area (Å²) >= 11 is 0. The first kappa shape index (κ1) is 28.2. The monoisotopic (exact) mass is 540 g/mol. The third kappa shape index (κ3) is 6.91. The lowest BCUT2D eigenvalue weighted by Gasteiger charge is -2.25. The number of hydrogen-bond donors (Lipinski definition) is 3. The number of nitrogens with zero attached hydrogens (tertiary/aromatic N) is 2. The molecule has 13 nitrogen and oxygen atoms in total. The number of ether oxygens (including phenoxy) is 2. The largest absolute Gasteiger partial charge is 0.462 e. The van der Waals surface area contributed by atoms with Gasteiger partial charge < -0.3 is 19.1 Å². The maximum absolute atomic E-state index is 13.8. The van der Waals surface area contributed by atoms with Crippen LogP contribution in [0, 0.1) is 23.1 Å². The number of aliphatic hydroxyl groups excluding tert-OH is 1. The van der Waals surface area contributed by atoms with E-state index in [4.69, 9.17) is 18.5 Å². The highest BCUT2D eigenvalue weighted by Gasteiger charge is 2.47. The van der Waals surface area contributed by atoms with Crippen molar-refractivity contribution in [1.82, 2.24) is 14.6 Å². The van der Waals surface area contributed by atoms with E-state index in [0.717, 1.165) is 0 Å². The van der Waals surface area contributed by atoms with Crippen LogP contribution in [0.4, 0.5) is 4.39 Å². The molecule has 0 amide bonds. The van der Waals surface area contributed by atoms with E-state index in [1.807, 2.05) is 0 Å². The normalized spacial score (nSPS) is 23.7. The fourth-order valence-electron chi connectivity index (χ4n) is 3.42. The van der Waals surface area contributed by atoms with Crippen LogP contribution in [-0.2, 0) is 23.4 Å². The summed E-state index contributed by atoms with van der Waals surface area (Å²) in [6, 6.07) is 8.56. The van der Waals surface area contributed by atoms with Crippen molar-refractivity contribution >= 4 is 13.7 Å². The van der Waals surface area contributed by atoms with Crippen LogP contribution in [0.2, 0.25) is 0 Å². The number of aliphatic hydroxyl groups is 1. The van der Waals surface area contributed by atoms with Crippen molar-refractivity contribution in [2.24, 2.45) is 5.92 Å². The maximum atomic E-state index is 13.8. The summed E-state index contributed by atoms with van der Waals surface area (Å²) in [5.74, 6) is -3.27. The molecule has 6 atom stereocenters. The van der Waals surface area contributed by atoms with Gasteiger partial charge in [0, 0.05) is 0 Å². The zero-order valence-electron chi connectivity index (χ0n) is 20.1. The number of carbonyl (C=O) groups excluding carboxylic acids is 1. The summed E-state index contributed by atoms with van der Waals surface area (Å²) in [6.07, 6.45) is -4.27. The molecular weight excluding hydrogens is 514 g/mol. The van der Waals surface area contributed by atoms with E-state index in [9.17, 15) is 33.7 Å². The number of para-hydroxylation sites is 1. The quantitative estimate of drug-likeness (QED) is 0.291. The van der Waals surface area contributed by atoms with Crippen LogP contribution in [0.25, 0.3) is 0 Å². The van der Waals surface area contributed by atoms with Gasteiger partial charge in [0.05, 0.1) is 25.0 Å². The fourth-order valence-corrected chi connectivity index (χ4v) is 4.92. The van der Waals surface area contributed by atoms with E-state index in [1.165, 1.54) is 19.1 Å². The van der Waals surface area contributed by atoms with Crippen LogP contribution in [0.15, 0.2) is 46.1 Å². The predicted molar refractivity (Wildman–Crippen MR) is 125 cm³/mol. The molecule has 1 aliphatic rings. The van der Waals surface area contributed by atoms with Crippen molar-refractivity contribution in [3.63, 3.8) is 0 Å². The van der Waals surface area contributed by atoms with Gasteiger partial charge in [0.2, 0.25) is 5.82 Å². The Morgan fingerprint density at radius 2 is 2.00 bits per heavy atom. The number of hydrogen-bond acceptors (Lipinski definition) is 10. The molecule has 1 aromatic carbocycles. The molecule has 200 valence electrons. The number of esters is 1. The molecule has 0 aliphatic carbocycles. The number of aromatic amines is 1. The van der Waals surface area contributed by atoms with Gasteiger partial charge in [-0.15, -0.1) is 0 Å². The molecule has 37 heavy (non-hydrogen) atoms. The third-order valence-electron chi connectivity index (χ3n) is 5.15. The van der Waals surface area contributed by atoms with E-state index in [1.54, 1.807) is 43.1 Å². The van der Waals surface area contributed by atoms with Crippen molar-refractivity contribution in [3.8, 4) is 11.8 Å². The van der Waals surface area contributed by atoms with Crippen molar-refractivity contribution in [2.75, 3.05) is 6.61 Å². The van der Waals surface area contributed by atoms with Gasteiger partial charge >= 0.3 is 19.4 Å². The Balaban J connectivity index is 1.81. The standard InChI is InChI=1S/C22H26FN4O9P/c1-12(2)34-21(30)13(3)26-37(32,36-14-7-5-4-6-8-14)33-11-17-18(28)15(9-24)20(35-17)27-10-16(23)19(29)25-22(27)31/h4-8,10,12-13,15,17-18,20,28H,11H2,1-3H3,(H,26,32)(H,25,29,31)/t13-,15+,17+,18-,20+,37+/m0/s1. The summed E-state index contributed by atoms with van der Waals surface area (Å²) in [5, 5.41) is 22.6. The van der Waals surface area contributed by atoms with Crippen LogP contribution >= 0.6 is 7.75 Å². The molecule has 1 aliphatic heterocycles. The van der Waals surface area contributed by atoms with Gasteiger partial charge in [0.1, 0.15) is 29.9 Å². The zero-order chi connectivity index (χ0) is 27.3. The van der Waals surface area contributed by atoms with Crippen LogP contribution in [-0.4, -0.2) is 51.6 Å². The van der Waals surface area contributed by atoms with Crippen molar-refractivity contribution in [2.45, 2.75) is 51.4 Å². The summed E-state index contributed by atoms with van der Waals surface area (Å²) in [4.78, 5) is 37.5. The fraction of sp³-hybridized carbons (Fsp3) is 0.455. The highest BCUT2D eigenvalue weighted by atomic mass is 31.2. The van der Waals surface area contributed by atoms with Gasteiger partial charge in [0.15, 0.2) is 6.23 Å². The Labute approximate surface area is 210 Å². The number of halogens is 1. The van der Waals surface area contributed by atoms with Crippen molar-refractivity contribution in [1.29, 1.82) is 5.26 Å². The number of nitriles is 1. The topological polar surface area (TPSA) is 182 Å². The Morgan fingerprint density at radius 1 is 1.32 bits per heavy atom. The van der Waals surface area contributed by atoms with Crippen molar-refractivity contribution in [3.05, 3.63) is 63.2 Å². The number of benzene rings is 1. The van der Waals surface area contributed by atoms with Crippen LogP contribution in [0.1, 0.15) is 27.0 Å². The predicted octanol–water partition coefficient (Wildman–Crippen LogP) is 1.21. The zero-order valence-corrected chi connectivity index (χ0v) is 21.0. The first-order chi connectivity index (χ1) is 17.4. The van der Waals surface area contributed by atoms with Gasteiger partial charge in [0.25, 0.3) is 5.56 Å². The lowest BCUT2D eigenvalue weighted by atomic mass is 10.0. The van der Waals surface area contributed by atoms with Gasteiger partial charge in [-0.05, 0) is 32.9 Å². The molecule has 1 fully saturated rings. The summed E-state index contributed by atoms with van der Waals surface area (Å²) in [7, 11) is -4.32.